The molecule has 0 atom stereocenters. The molecule has 1 aliphatic rings. The third-order valence-electron chi connectivity index (χ3n) is 4.12. The lowest BCUT2D eigenvalue weighted by Gasteiger charge is -2.05. The molecule has 0 radical (unpaired) electrons. The van der Waals surface area contributed by atoms with Gasteiger partial charge in [0.1, 0.15) is 0 Å². The van der Waals surface area contributed by atoms with Crippen LogP contribution in [0, 0.1) is 6.92 Å². The number of para-hydroxylation sites is 1. The fourth-order valence-electron chi connectivity index (χ4n) is 2.77. The highest BCUT2D eigenvalue weighted by Crippen LogP contribution is 2.32. The summed E-state index contributed by atoms with van der Waals surface area (Å²) in [5.74, 6) is 1.27. The van der Waals surface area contributed by atoms with Gasteiger partial charge in [-0.05, 0) is 43.2 Å². The number of aryl methyl sites for hydroxylation is 1. The minimum Gasteiger partial charge on any atom is -0.454 e. The van der Waals surface area contributed by atoms with Gasteiger partial charge in [-0.3, -0.25) is 4.79 Å². The number of ether oxygens (including phenoxy) is 2. The van der Waals surface area contributed by atoms with Gasteiger partial charge in [0.15, 0.2) is 17.2 Å². The second-order valence-corrected chi connectivity index (χ2v) is 5.95. The summed E-state index contributed by atoms with van der Waals surface area (Å²) in [6, 6.07) is 15.3. The summed E-state index contributed by atoms with van der Waals surface area (Å²) in [7, 11) is 0. The number of amides is 1. The monoisotopic (exact) mass is 350 g/mol. The Balaban J connectivity index is 1.39. The smallest absolute Gasteiger partial charge is 0.273 e. The molecule has 26 heavy (non-hydrogen) atoms. The Morgan fingerprint density at radius 3 is 2.77 bits per heavy atom. The summed E-state index contributed by atoms with van der Waals surface area (Å²) in [5, 5.41) is 11.5. The highest BCUT2D eigenvalue weighted by atomic mass is 16.7. The van der Waals surface area contributed by atoms with Crippen molar-refractivity contribution in [2.75, 3.05) is 13.3 Å². The summed E-state index contributed by atoms with van der Waals surface area (Å²) in [4.78, 5) is 13.9. The second-order valence-electron chi connectivity index (χ2n) is 5.95. The second kappa shape index (κ2) is 6.87. The van der Waals surface area contributed by atoms with E-state index in [1.165, 1.54) is 4.80 Å². The van der Waals surface area contributed by atoms with E-state index in [9.17, 15) is 4.79 Å². The maximum absolute atomic E-state index is 12.4. The van der Waals surface area contributed by atoms with Crippen molar-refractivity contribution in [1.82, 2.24) is 20.3 Å². The molecule has 0 unspecified atom stereocenters. The van der Waals surface area contributed by atoms with E-state index >= 15 is 0 Å². The first-order valence-electron chi connectivity index (χ1n) is 8.37. The fraction of sp³-hybridized carbons (Fsp3) is 0.211. The van der Waals surface area contributed by atoms with Crippen molar-refractivity contribution in [3.63, 3.8) is 0 Å². The molecule has 0 bridgehead atoms. The van der Waals surface area contributed by atoms with Gasteiger partial charge in [0, 0.05) is 6.54 Å². The van der Waals surface area contributed by atoms with Crippen molar-refractivity contribution in [3.05, 3.63) is 65.5 Å². The molecule has 2 heterocycles. The van der Waals surface area contributed by atoms with Crippen molar-refractivity contribution >= 4 is 5.91 Å². The van der Waals surface area contributed by atoms with Crippen LogP contribution >= 0.6 is 0 Å². The Bertz CT molecular complexity index is 937. The lowest BCUT2D eigenvalue weighted by atomic mass is 10.1. The van der Waals surface area contributed by atoms with E-state index in [1.807, 2.05) is 48.5 Å². The lowest BCUT2D eigenvalue weighted by molar-refractivity contribution is 0.0948. The van der Waals surface area contributed by atoms with Crippen LogP contribution < -0.4 is 14.8 Å². The molecule has 0 saturated carbocycles. The van der Waals surface area contributed by atoms with Gasteiger partial charge in [0.25, 0.3) is 5.91 Å². The molecule has 7 heteroatoms. The van der Waals surface area contributed by atoms with Crippen LogP contribution in [0.15, 0.2) is 48.5 Å². The SMILES string of the molecule is Cc1nn(-c2ccccc2)nc1C(=O)NCCc1ccc2c(c1)OCO2. The van der Waals surface area contributed by atoms with Crippen molar-refractivity contribution in [3.8, 4) is 17.2 Å². The standard InChI is InChI=1S/C19H18N4O3/c1-13-18(22-23(21-13)15-5-3-2-4-6-15)19(24)20-10-9-14-7-8-16-17(11-14)26-12-25-16/h2-8,11H,9-10,12H2,1H3,(H,20,24). The van der Waals surface area contributed by atoms with Crippen LogP contribution in [0.1, 0.15) is 21.7 Å². The van der Waals surface area contributed by atoms with Gasteiger partial charge in [-0.15, -0.1) is 5.10 Å². The van der Waals surface area contributed by atoms with Crippen LogP contribution in [0.4, 0.5) is 0 Å². The van der Waals surface area contributed by atoms with Crippen LogP contribution in [0.3, 0.4) is 0 Å². The Labute approximate surface area is 150 Å². The number of carbonyl (C=O) groups excluding carboxylic acids is 1. The van der Waals surface area contributed by atoms with E-state index in [-0.39, 0.29) is 12.7 Å². The van der Waals surface area contributed by atoms with E-state index in [0.29, 0.717) is 24.4 Å². The maximum Gasteiger partial charge on any atom is 0.273 e. The van der Waals surface area contributed by atoms with E-state index < -0.39 is 0 Å². The first-order valence-corrected chi connectivity index (χ1v) is 8.37. The van der Waals surface area contributed by atoms with E-state index in [4.69, 9.17) is 9.47 Å². The summed E-state index contributed by atoms with van der Waals surface area (Å²) < 4.78 is 10.7. The normalized spacial score (nSPS) is 12.2. The van der Waals surface area contributed by atoms with Crippen molar-refractivity contribution in [1.29, 1.82) is 0 Å². The molecular weight excluding hydrogens is 332 g/mol. The molecule has 1 aliphatic heterocycles. The molecular formula is C19H18N4O3. The summed E-state index contributed by atoms with van der Waals surface area (Å²) >= 11 is 0. The third-order valence-corrected chi connectivity index (χ3v) is 4.12. The number of hydrogen-bond donors (Lipinski definition) is 1. The Kier molecular flexibility index (Phi) is 4.27. The minimum absolute atomic E-state index is 0.231. The predicted molar refractivity (Wildman–Crippen MR) is 94.7 cm³/mol. The number of nitrogens with zero attached hydrogens (tertiary/aromatic N) is 3. The van der Waals surface area contributed by atoms with Gasteiger partial charge in [-0.1, -0.05) is 24.3 Å². The molecule has 2 aromatic carbocycles. The topological polar surface area (TPSA) is 78.3 Å². The lowest BCUT2D eigenvalue weighted by Crippen LogP contribution is -2.26. The number of aromatic nitrogens is 3. The molecule has 0 aliphatic carbocycles. The van der Waals surface area contributed by atoms with E-state index in [2.05, 4.69) is 15.5 Å². The van der Waals surface area contributed by atoms with Gasteiger partial charge in [0.2, 0.25) is 6.79 Å². The Morgan fingerprint density at radius 2 is 1.92 bits per heavy atom. The van der Waals surface area contributed by atoms with Crippen LogP contribution in [0.25, 0.3) is 5.69 Å². The van der Waals surface area contributed by atoms with Crippen molar-refractivity contribution < 1.29 is 14.3 Å². The third kappa shape index (κ3) is 3.23. The minimum atomic E-state index is -0.231. The number of benzene rings is 2. The molecule has 4 rings (SSSR count). The molecule has 0 spiro atoms. The average Bonchev–Trinajstić information content (AvgIpc) is 3.28. The molecule has 132 valence electrons. The van der Waals surface area contributed by atoms with Crippen molar-refractivity contribution in [2.45, 2.75) is 13.3 Å². The van der Waals surface area contributed by atoms with Gasteiger partial charge in [-0.25, -0.2) is 0 Å². The quantitative estimate of drug-likeness (QED) is 0.764. The first-order chi connectivity index (χ1) is 12.7. The number of hydrogen-bond acceptors (Lipinski definition) is 5. The molecule has 1 N–H and O–H groups in total. The largest absolute Gasteiger partial charge is 0.454 e. The maximum atomic E-state index is 12.4. The predicted octanol–water partition coefficient (Wildman–Crippen LogP) is 2.28. The summed E-state index contributed by atoms with van der Waals surface area (Å²) in [6.07, 6.45) is 0.689. The van der Waals surface area contributed by atoms with Gasteiger partial charge in [-0.2, -0.15) is 9.90 Å². The van der Waals surface area contributed by atoms with Gasteiger partial charge in [0.05, 0.1) is 11.4 Å². The van der Waals surface area contributed by atoms with Crippen LogP contribution in [0.2, 0.25) is 0 Å². The van der Waals surface area contributed by atoms with Crippen LogP contribution in [-0.2, 0) is 6.42 Å². The number of rotatable bonds is 5. The molecule has 7 nitrogen and oxygen atoms in total. The Hall–Kier alpha value is -3.35. The zero-order valence-electron chi connectivity index (χ0n) is 14.3. The van der Waals surface area contributed by atoms with Crippen LogP contribution in [-0.4, -0.2) is 34.2 Å². The zero-order chi connectivity index (χ0) is 17.9. The van der Waals surface area contributed by atoms with Gasteiger partial charge < -0.3 is 14.8 Å². The number of nitrogens with one attached hydrogen (secondary N) is 1. The highest BCUT2D eigenvalue weighted by Gasteiger charge is 2.16. The summed E-state index contributed by atoms with van der Waals surface area (Å²) in [5.41, 5.74) is 2.81. The van der Waals surface area contributed by atoms with E-state index in [0.717, 1.165) is 22.7 Å². The molecule has 1 amide bonds. The molecule has 3 aromatic rings. The van der Waals surface area contributed by atoms with Crippen LogP contribution in [0.5, 0.6) is 11.5 Å². The molecule has 0 fully saturated rings. The zero-order valence-corrected chi connectivity index (χ0v) is 14.3. The Morgan fingerprint density at radius 1 is 1.12 bits per heavy atom. The fourth-order valence-corrected chi connectivity index (χ4v) is 2.77. The number of carbonyl (C=O) groups is 1. The molecule has 0 saturated heterocycles. The first kappa shape index (κ1) is 16.1. The molecule has 1 aromatic heterocycles. The number of fused-ring (bicyclic) bond motifs is 1. The highest BCUT2D eigenvalue weighted by molar-refractivity contribution is 5.93. The summed E-state index contributed by atoms with van der Waals surface area (Å²) in [6.45, 7) is 2.53. The van der Waals surface area contributed by atoms with Gasteiger partial charge >= 0.3 is 0 Å². The van der Waals surface area contributed by atoms with Crippen molar-refractivity contribution in [2.24, 2.45) is 0 Å². The van der Waals surface area contributed by atoms with E-state index in [1.54, 1.807) is 6.92 Å². The average molecular weight is 350 g/mol.